The predicted molar refractivity (Wildman–Crippen MR) is 52.9 cm³/mol. The summed E-state index contributed by atoms with van der Waals surface area (Å²) in [5.41, 5.74) is 0. The van der Waals surface area contributed by atoms with Crippen LogP contribution < -0.4 is 33.7 Å². The molecule has 0 aromatic rings. The first kappa shape index (κ1) is 30.1. The van der Waals surface area contributed by atoms with E-state index in [-0.39, 0.29) is 29.6 Å². The molecule has 0 heterocycles. The summed E-state index contributed by atoms with van der Waals surface area (Å²) in [4.78, 5) is 0. The molecule has 164 valence electrons. The van der Waals surface area contributed by atoms with E-state index in [1.165, 1.54) is 0 Å². The van der Waals surface area contributed by atoms with Crippen LogP contribution in [0.2, 0.25) is 0 Å². The first-order valence-corrected chi connectivity index (χ1v) is 8.10. The Morgan fingerprint density at radius 3 is 0.786 bits per heavy atom. The minimum absolute atomic E-state index is 0. The van der Waals surface area contributed by atoms with Crippen molar-refractivity contribution in [2.75, 3.05) is 0 Å². The summed E-state index contributed by atoms with van der Waals surface area (Å²) < 4.78 is 214. The van der Waals surface area contributed by atoms with Crippen LogP contribution in [-0.2, 0) is 20.0 Å². The zero-order chi connectivity index (χ0) is 22.7. The molecule has 0 spiro atoms. The molecule has 0 saturated carbocycles. The predicted octanol–water partition coefficient (Wildman–Crippen LogP) is -0.180. The molecule has 0 amide bonds. The summed E-state index contributed by atoms with van der Waals surface area (Å²) in [5, 5.41) is -15.3. The van der Waals surface area contributed by atoms with Crippen LogP contribution in [-0.4, -0.2) is 51.5 Å². The van der Waals surface area contributed by atoms with Gasteiger partial charge in [-0.2, -0.15) is 61.5 Å². The van der Waals surface area contributed by atoms with Crippen LogP contribution in [0.5, 0.6) is 0 Å². The fourth-order valence-electron chi connectivity index (χ4n) is 0.917. The minimum Gasteiger partial charge on any atom is -0.205 e. The van der Waals surface area contributed by atoms with E-state index in [1.807, 2.05) is 0 Å². The number of halogens is 14. The Kier molecular flexibility index (Phi) is 8.09. The van der Waals surface area contributed by atoms with Crippen molar-refractivity contribution in [1.29, 1.82) is 0 Å². The van der Waals surface area contributed by atoms with Gasteiger partial charge in [0.15, 0.2) is 0 Å². The maximum absolute atomic E-state index is 12.9. The van der Waals surface area contributed by atoms with Crippen LogP contribution in [0, 0.1) is 0 Å². The van der Waals surface area contributed by atoms with Gasteiger partial charge in [0.25, 0.3) is 20.0 Å². The van der Waals surface area contributed by atoms with Gasteiger partial charge < -0.3 is 0 Å². The molecule has 0 atom stereocenters. The Morgan fingerprint density at radius 2 is 0.643 bits per heavy atom. The third-order valence-electron chi connectivity index (χ3n) is 2.34. The average molecular weight is 504 g/mol. The topological polar surface area (TPSA) is 80.3 Å². The van der Waals surface area contributed by atoms with Gasteiger partial charge >= 0.3 is 64.3 Å². The Balaban J connectivity index is 0. The van der Waals surface area contributed by atoms with Crippen molar-refractivity contribution in [2.24, 2.45) is 0 Å². The second-order valence-electron chi connectivity index (χ2n) is 4.27. The van der Waals surface area contributed by atoms with Gasteiger partial charge in [-0.25, -0.2) is 16.8 Å². The van der Waals surface area contributed by atoms with E-state index < -0.39 is 58.9 Å². The Labute approximate surface area is 166 Å². The third-order valence-corrected chi connectivity index (χ3v) is 5.96. The Morgan fingerprint density at radius 1 is 0.464 bits per heavy atom. The summed E-state index contributed by atoms with van der Waals surface area (Å²) in [5.74, 6) is -15.4. The fraction of sp³-hybridized carbons (Fsp3) is 1.00. The number of sulfonamides is 2. The summed E-state index contributed by atoms with van der Waals surface area (Å²) in [6.45, 7) is 0. The van der Waals surface area contributed by atoms with Crippen molar-refractivity contribution < 1.29 is 108 Å². The van der Waals surface area contributed by atoms with E-state index >= 15 is 0 Å². The van der Waals surface area contributed by atoms with Crippen LogP contribution in [0.4, 0.5) is 61.5 Å². The molecule has 0 radical (unpaired) electrons. The molecule has 0 aliphatic carbocycles. The molecule has 0 aliphatic rings. The summed E-state index contributed by atoms with van der Waals surface area (Å²) in [6.07, 6.45) is -14.9. The molecular formula is C6HF14NNaO4S2+. The van der Waals surface area contributed by atoms with Crippen molar-refractivity contribution in [3.8, 4) is 0 Å². The maximum Gasteiger partial charge on any atom is 1.00 e. The van der Waals surface area contributed by atoms with Gasteiger partial charge in [-0.3, -0.25) is 0 Å². The molecule has 0 aromatic heterocycles. The zero-order valence-electron chi connectivity index (χ0n) is 12.2. The molecule has 5 nitrogen and oxygen atoms in total. The van der Waals surface area contributed by atoms with E-state index in [4.69, 9.17) is 0 Å². The minimum atomic E-state index is -8.17. The summed E-state index contributed by atoms with van der Waals surface area (Å²) in [7, 11) is -16.3. The average Bonchev–Trinajstić information content (AvgIpc) is 2.33. The largest absolute Gasteiger partial charge is 1.00 e. The normalized spacial score (nSPS) is 15.9. The summed E-state index contributed by atoms with van der Waals surface area (Å²) in [6, 6.07) is 0. The molecule has 0 rings (SSSR count). The molecule has 28 heavy (non-hydrogen) atoms. The standard InChI is InChI=1S/C6HF14NO4S2.Na/c7-1(8,3(11,12)13)5(17,18)26(22,23)21-27(24,25)6(19,20)2(9,10)4(14,15)16;/h21H;/q;+1. The van der Waals surface area contributed by atoms with Crippen molar-refractivity contribution >= 4 is 20.0 Å². The van der Waals surface area contributed by atoms with Gasteiger partial charge in [0, 0.05) is 0 Å². The first-order valence-electron chi connectivity index (χ1n) is 5.13. The van der Waals surface area contributed by atoms with Crippen LogP contribution in [0.1, 0.15) is 0 Å². The van der Waals surface area contributed by atoms with Gasteiger partial charge in [-0.05, 0) is 0 Å². The quantitative estimate of drug-likeness (QED) is 0.403. The molecule has 0 unspecified atom stereocenters. The molecule has 0 fully saturated rings. The first-order chi connectivity index (χ1) is 11.2. The van der Waals surface area contributed by atoms with Crippen LogP contribution in [0.25, 0.3) is 0 Å². The number of hydrogen-bond donors (Lipinski definition) is 1. The van der Waals surface area contributed by atoms with E-state index in [1.54, 1.807) is 0 Å². The van der Waals surface area contributed by atoms with Crippen molar-refractivity contribution in [3.63, 3.8) is 0 Å². The van der Waals surface area contributed by atoms with E-state index in [2.05, 4.69) is 0 Å². The van der Waals surface area contributed by atoms with Crippen molar-refractivity contribution in [1.82, 2.24) is 4.13 Å². The molecule has 0 bridgehead atoms. The van der Waals surface area contributed by atoms with Gasteiger partial charge in [-0.1, -0.05) is 4.13 Å². The SMILES string of the molecule is O=S(=O)(NS(=O)(=O)C(F)(F)C(F)(F)C(F)(F)F)C(F)(F)C(F)(F)C(F)(F)F.[Na+]. The number of nitrogens with one attached hydrogen (secondary N) is 1. The molecule has 22 heteroatoms. The van der Waals surface area contributed by atoms with E-state index in [0.29, 0.717) is 0 Å². The van der Waals surface area contributed by atoms with E-state index in [9.17, 15) is 78.3 Å². The number of hydrogen-bond acceptors (Lipinski definition) is 4. The Bertz CT molecular complexity index is 716. The molecular weight excluding hydrogens is 503 g/mol. The zero-order valence-corrected chi connectivity index (χ0v) is 15.9. The van der Waals surface area contributed by atoms with Crippen molar-refractivity contribution in [3.05, 3.63) is 0 Å². The smallest absolute Gasteiger partial charge is 0.205 e. The van der Waals surface area contributed by atoms with Gasteiger partial charge in [0.2, 0.25) is 0 Å². The third kappa shape index (κ3) is 4.47. The maximum atomic E-state index is 12.9. The summed E-state index contributed by atoms with van der Waals surface area (Å²) >= 11 is 0. The van der Waals surface area contributed by atoms with Crippen molar-refractivity contribution in [2.45, 2.75) is 34.7 Å². The second-order valence-corrected chi connectivity index (χ2v) is 7.97. The second kappa shape index (κ2) is 7.54. The van der Waals surface area contributed by atoms with Gasteiger partial charge in [0.05, 0.1) is 0 Å². The van der Waals surface area contributed by atoms with Crippen LogP contribution in [0.3, 0.4) is 0 Å². The van der Waals surface area contributed by atoms with Gasteiger partial charge in [-0.15, -0.1) is 0 Å². The number of alkyl halides is 14. The monoisotopic (exact) mass is 504 g/mol. The molecule has 0 aliphatic heterocycles. The van der Waals surface area contributed by atoms with Crippen LogP contribution >= 0.6 is 0 Å². The van der Waals surface area contributed by atoms with Crippen LogP contribution in [0.15, 0.2) is 0 Å². The van der Waals surface area contributed by atoms with Gasteiger partial charge in [0.1, 0.15) is 0 Å². The van der Waals surface area contributed by atoms with E-state index in [0.717, 1.165) is 0 Å². The fourth-order valence-corrected chi connectivity index (χ4v) is 3.82. The number of rotatable bonds is 6. The Hall–Kier alpha value is -0.120. The molecule has 1 N–H and O–H groups in total. The molecule has 0 aromatic carbocycles. The molecule has 0 saturated heterocycles.